The number of hydrogen-bond acceptors (Lipinski definition) is 15. The summed E-state index contributed by atoms with van der Waals surface area (Å²) in [4.78, 5) is 73.4. The lowest BCUT2D eigenvalue weighted by Gasteiger charge is -2.21. The van der Waals surface area contributed by atoms with E-state index in [9.17, 15) is 43.2 Å². The van der Waals surface area contributed by atoms with Gasteiger partial charge in [-0.1, -0.05) is 452 Å². The molecule has 0 aliphatic heterocycles. The summed E-state index contributed by atoms with van der Waals surface area (Å²) in [6, 6.07) is 0. The summed E-state index contributed by atoms with van der Waals surface area (Å²) in [5.41, 5.74) is 0. The number of unbranched alkanes of at least 4 members (excludes halogenated alkanes) is 61. The van der Waals surface area contributed by atoms with Gasteiger partial charge in [0.15, 0.2) is 12.2 Å². The Balaban J connectivity index is 5.19. The maximum absolute atomic E-state index is 13.2. The van der Waals surface area contributed by atoms with Crippen LogP contribution in [0.15, 0.2) is 0 Å². The molecule has 0 amide bonds. The predicted molar refractivity (Wildman–Crippen MR) is 465 cm³/mol. The van der Waals surface area contributed by atoms with Crippen molar-refractivity contribution in [2.45, 2.75) is 522 Å². The largest absolute Gasteiger partial charge is 0.472 e. The second-order valence-corrected chi connectivity index (χ2v) is 37.0. The highest BCUT2D eigenvalue weighted by Crippen LogP contribution is 2.45. The van der Waals surface area contributed by atoms with Gasteiger partial charge in [-0.15, -0.1) is 0 Å². The number of phosphoric ester groups is 2. The van der Waals surface area contributed by atoms with Crippen LogP contribution in [0.3, 0.4) is 0 Å². The van der Waals surface area contributed by atoms with Gasteiger partial charge in [0, 0.05) is 25.7 Å². The topological polar surface area (TPSA) is 237 Å². The van der Waals surface area contributed by atoms with Crippen molar-refractivity contribution in [3.8, 4) is 0 Å². The highest BCUT2D eigenvalue weighted by molar-refractivity contribution is 7.47. The van der Waals surface area contributed by atoms with E-state index in [1.807, 2.05) is 0 Å². The Hall–Kier alpha value is -1.94. The zero-order valence-electron chi connectivity index (χ0n) is 74.0. The van der Waals surface area contributed by atoms with E-state index in [1.165, 1.54) is 321 Å². The van der Waals surface area contributed by atoms with Gasteiger partial charge in [-0.25, -0.2) is 9.13 Å². The normalized spacial score (nSPS) is 13.9. The van der Waals surface area contributed by atoms with Crippen molar-refractivity contribution in [3.05, 3.63) is 0 Å². The third-order valence-electron chi connectivity index (χ3n) is 22.3. The molecular formula is C93H182O17P2. The van der Waals surface area contributed by atoms with Crippen LogP contribution in [0.2, 0.25) is 0 Å². The van der Waals surface area contributed by atoms with Crippen molar-refractivity contribution < 1.29 is 80.2 Å². The summed E-state index contributed by atoms with van der Waals surface area (Å²) in [6.07, 6.45) is 79.4. The van der Waals surface area contributed by atoms with Gasteiger partial charge in [0.2, 0.25) is 0 Å². The van der Waals surface area contributed by atoms with E-state index in [-0.39, 0.29) is 25.7 Å². The molecule has 0 fully saturated rings. The molecule has 0 saturated carbocycles. The van der Waals surface area contributed by atoms with Crippen LogP contribution < -0.4 is 0 Å². The molecule has 0 spiro atoms. The van der Waals surface area contributed by atoms with Crippen molar-refractivity contribution >= 4 is 39.5 Å². The molecule has 0 bridgehead atoms. The number of ether oxygens (including phenoxy) is 4. The summed E-state index contributed by atoms with van der Waals surface area (Å²) >= 11 is 0. The van der Waals surface area contributed by atoms with Gasteiger partial charge in [-0.05, 0) is 37.5 Å². The highest BCUT2D eigenvalue weighted by Gasteiger charge is 2.31. The maximum atomic E-state index is 13.2. The van der Waals surface area contributed by atoms with E-state index in [0.717, 1.165) is 102 Å². The average Bonchev–Trinajstić information content (AvgIpc) is 0.899. The van der Waals surface area contributed by atoms with Crippen molar-refractivity contribution in [2.24, 2.45) is 11.8 Å². The number of carbonyl (C=O) groups is 4. The van der Waals surface area contributed by atoms with E-state index < -0.39 is 97.5 Å². The molecule has 3 N–H and O–H groups in total. The molecule has 0 radical (unpaired) electrons. The van der Waals surface area contributed by atoms with Crippen LogP contribution in [0, 0.1) is 11.8 Å². The monoisotopic (exact) mass is 1630 g/mol. The van der Waals surface area contributed by atoms with Crippen LogP contribution >= 0.6 is 15.6 Å². The lowest BCUT2D eigenvalue weighted by molar-refractivity contribution is -0.161. The molecule has 17 nitrogen and oxygen atoms in total. The van der Waals surface area contributed by atoms with E-state index in [2.05, 4.69) is 41.5 Å². The second-order valence-electron chi connectivity index (χ2n) is 34.1. The Morgan fingerprint density at radius 2 is 0.455 bits per heavy atom. The molecule has 666 valence electrons. The summed E-state index contributed by atoms with van der Waals surface area (Å²) in [7, 11) is -9.93. The molecule has 0 saturated heterocycles. The Morgan fingerprint density at radius 1 is 0.259 bits per heavy atom. The van der Waals surface area contributed by atoms with Crippen LogP contribution in [0.25, 0.3) is 0 Å². The standard InChI is InChI=1S/C93H182O17P2/c1-7-10-12-14-16-18-19-20-21-22-23-24-25-26-30-36-41-46-52-58-64-70-76-91(96)104-82-89(110-93(98)78-71-65-59-53-47-42-37-31-28-27-29-35-40-45-51-56-62-68-74-86(6)9-3)84-108-112(101,102)106-80-87(94)79-105-111(99,100)107-83-88(81-103-90(95)75-69-63-57-49-17-15-13-11-8-2)109-92(97)77-72-66-60-54-48-43-38-33-32-34-39-44-50-55-61-67-73-85(4)5/h85-89,94H,7-84H2,1-6H3,(H,99,100)(H,101,102)/t86?,87-,88+,89+/m0/s1. The minimum Gasteiger partial charge on any atom is -0.462 e. The fourth-order valence-electron chi connectivity index (χ4n) is 14.6. The van der Waals surface area contributed by atoms with E-state index >= 15 is 0 Å². The first-order valence-electron chi connectivity index (χ1n) is 48.0. The zero-order valence-corrected chi connectivity index (χ0v) is 75.8. The first kappa shape index (κ1) is 110. The zero-order chi connectivity index (χ0) is 82.0. The SMILES string of the molecule is CCCCCCCCCCCCCCCCCCCCCCCCC(=O)OC[C@H](COP(=O)(O)OC[C@@H](O)COP(=O)(O)OC[C@@H](COC(=O)CCCCCCCCCCC)OC(=O)CCCCCCCCCCCCCCCCCCC(C)C)OC(=O)CCCCCCCCCCCCCCCCCCCCC(C)CC. The number of aliphatic hydroxyl groups is 1. The second kappa shape index (κ2) is 84.1. The minimum absolute atomic E-state index is 0.108. The van der Waals surface area contributed by atoms with Gasteiger partial charge in [0.1, 0.15) is 19.3 Å². The fourth-order valence-corrected chi connectivity index (χ4v) is 16.2. The Morgan fingerprint density at radius 3 is 0.679 bits per heavy atom. The maximum Gasteiger partial charge on any atom is 0.472 e. The van der Waals surface area contributed by atoms with Crippen molar-refractivity contribution in [1.82, 2.24) is 0 Å². The molecular weight excluding hydrogens is 1450 g/mol. The third-order valence-corrected chi connectivity index (χ3v) is 24.2. The number of esters is 4. The third kappa shape index (κ3) is 84.5. The Kier molecular flexibility index (Phi) is 82.6. The Bertz CT molecular complexity index is 2130. The lowest BCUT2D eigenvalue weighted by atomic mass is 9.99. The molecule has 112 heavy (non-hydrogen) atoms. The van der Waals surface area contributed by atoms with Crippen molar-refractivity contribution in [2.75, 3.05) is 39.6 Å². The fraction of sp³-hybridized carbons (Fsp3) is 0.957. The number of carbonyl (C=O) groups excluding carboxylic acids is 4. The molecule has 19 heteroatoms. The molecule has 0 heterocycles. The number of hydrogen-bond donors (Lipinski definition) is 3. The first-order valence-corrected chi connectivity index (χ1v) is 51.0. The molecule has 0 aliphatic carbocycles. The molecule has 0 rings (SSSR count). The molecule has 0 aromatic carbocycles. The summed E-state index contributed by atoms with van der Waals surface area (Å²) in [6.45, 7) is 9.79. The van der Waals surface area contributed by atoms with Gasteiger partial charge in [-0.3, -0.25) is 37.3 Å². The van der Waals surface area contributed by atoms with Crippen molar-refractivity contribution in [1.29, 1.82) is 0 Å². The number of rotatable bonds is 92. The smallest absolute Gasteiger partial charge is 0.462 e. The van der Waals surface area contributed by atoms with Crippen LogP contribution in [-0.4, -0.2) is 96.7 Å². The molecule has 0 aromatic rings. The number of aliphatic hydroxyl groups excluding tert-OH is 1. The molecule has 3 unspecified atom stereocenters. The Labute approximate surface area is 689 Å². The van der Waals surface area contributed by atoms with Crippen LogP contribution in [0.1, 0.15) is 504 Å². The van der Waals surface area contributed by atoms with E-state index in [4.69, 9.17) is 37.0 Å². The van der Waals surface area contributed by atoms with Crippen molar-refractivity contribution in [3.63, 3.8) is 0 Å². The van der Waals surface area contributed by atoms with Crippen LogP contribution in [0.4, 0.5) is 0 Å². The van der Waals surface area contributed by atoms with E-state index in [0.29, 0.717) is 25.7 Å². The van der Waals surface area contributed by atoms with Gasteiger partial charge in [-0.2, -0.15) is 0 Å². The summed E-state index contributed by atoms with van der Waals surface area (Å²) in [5, 5.41) is 10.7. The average molecular weight is 1630 g/mol. The summed E-state index contributed by atoms with van der Waals surface area (Å²) in [5.74, 6) is -0.415. The highest BCUT2D eigenvalue weighted by atomic mass is 31.2. The van der Waals surface area contributed by atoms with E-state index in [1.54, 1.807) is 0 Å². The minimum atomic E-state index is -4.97. The van der Waals surface area contributed by atoms with Gasteiger partial charge in [0.05, 0.1) is 26.4 Å². The quantitative estimate of drug-likeness (QED) is 0.0222. The van der Waals surface area contributed by atoms with Gasteiger partial charge in [0.25, 0.3) is 0 Å². The van der Waals surface area contributed by atoms with Crippen LogP contribution in [0.5, 0.6) is 0 Å². The lowest BCUT2D eigenvalue weighted by Crippen LogP contribution is -2.30. The summed E-state index contributed by atoms with van der Waals surface area (Å²) < 4.78 is 69.1. The molecule has 6 atom stereocenters. The predicted octanol–water partition coefficient (Wildman–Crippen LogP) is 29.0. The van der Waals surface area contributed by atoms with Gasteiger partial charge >= 0.3 is 39.5 Å². The van der Waals surface area contributed by atoms with Crippen LogP contribution in [-0.2, 0) is 65.4 Å². The molecule has 0 aromatic heterocycles. The first-order chi connectivity index (χ1) is 54.4. The number of phosphoric acid groups is 2. The van der Waals surface area contributed by atoms with Gasteiger partial charge < -0.3 is 33.8 Å². The molecule has 0 aliphatic rings.